The maximum atomic E-state index is 5.97. The van der Waals surface area contributed by atoms with Crippen molar-refractivity contribution in [2.45, 2.75) is 42.2 Å². The molecular formula is C16H23NO2S. The van der Waals surface area contributed by atoms with Crippen LogP contribution in [0.1, 0.15) is 32.1 Å². The molecule has 1 heterocycles. The third-order valence-electron chi connectivity index (χ3n) is 4.19. The molecule has 2 aliphatic rings. The summed E-state index contributed by atoms with van der Waals surface area (Å²) < 4.78 is 11.2. The Morgan fingerprint density at radius 2 is 1.85 bits per heavy atom. The van der Waals surface area contributed by atoms with Gasteiger partial charge in [-0.05, 0) is 43.5 Å². The second kappa shape index (κ2) is 6.72. The maximum absolute atomic E-state index is 5.97. The molecule has 0 saturated heterocycles. The van der Waals surface area contributed by atoms with Crippen LogP contribution < -0.4 is 15.2 Å². The molecule has 0 radical (unpaired) electrons. The summed E-state index contributed by atoms with van der Waals surface area (Å²) in [7, 11) is 0. The molecular weight excluding hydrogens is 270 g/mol. The quantitative estimate of drug-likeness (QED) is 0.867. The van der Waals surface area contributed by atoms with Crippen molar-refractivity contribution in [3.8, 4) is 11.5 Å². The molecule has 1 aromatic rings. The molecule has 20 heavy (non-hydrogen) atoms. The Morgan fingerprint density at radius 3 is 2.70 bits per heavy atom. The van der Waals surface area contributed by atoms with Crippen molar-refractivity contribution in [1.82, 2.24) is 0 Å². The fraction of sp³-hybridized carbons (Fsp3) is 0.625. The number of benzene rings is 1. The van der Waals surface area contributed by atoms with Gasteiger partial charge in [-0.15, -0.1) is 11.8 Å². The van der Waals surface area contributed by atoms with Gasteiger partial charge in [0.1, 0.15) is 13.2 Å². The highest BCUT2D eigenvalue weighted by Crippen LogP contribution is 2.40. The van der Waals surface area contributed by atoms with Gasteiger partial charge in [0, 0.05) is 10.1 Å². The lowest BCUT2D eigenvalue weighted by Crippen LogP contribution is -2.24. The summed E-state index contributed by atoms with van der Waals surface area (Å²) in [6.45, 7) is 2.11. The van der Waals surface area contributed by atoms with Crippen LogP contribution in [0.5, 0.6) is 11.5 Å². The van der Waals surface area contributed by atoms with Crippen LogP contribution in [0.2, 0.25) is 0 Å². The Kier molecular flexibility index (Phi) is 4.73. The molecule has 0 bridgehead atoms. The summed E-state index contributed by atoms with van der Waals surface area (Å²) in [5.74, 6) is 2.41. The van der Waals surface area contributed by atoms with E-state index in [0.29, 0.717) is 24.4 Å². The van der Waals surface area contributed by atoms with E-state index in [1.165, 1.54) is 37.0 Å². The molecule has 2 unspecified atom stereocenters. The molecule has 4 heteroatoms. The number of hydrogen-bond donors (Lipinski definition) is 1. The van der Waals surface area contributed by atoms with Crippen LogP contribution in [0.3, 0.4) is 0 Å². The number of ether oxygens (including phenoxy) is 2. The summed E-state index contributed by atoms with van der Waals surface area (Å²) >= 11 is 1.97. The minimum absolute atomic E-state index is 0.644. The van der Waals surface area contributed by atoms with Gasteiger partial charge in [0.05, 0.1) is 0 Å². The summed E-state index contributed by atoms with van der Waals surface area (Å²) in [4.78, 5) is 1.28. The molecule has 0 spiro atoms. The molecule has 1 aliphatic carbocycles. The highest BCUT2D eigenvalue weighted by atomic mass is 32.2. The van der Waals surface area contributed by atoms with Crippen LogP contribution >= 0.6 is 11.8 Å². The van der Waals surface area contributed by atoms with Gasteiger partial charge in [-0.2, -0.15) is 0 Å². The summed E-state index contributed by atoms with van der Waals surface area (Å²) in [6, 6.07) is 6.30. The molecule has 2 N–H and O–H groups in total. The largest absolute Gasteiger partial charge is 0.486 e. The lowest BCUT2D eigenvalue weighted by Gasteiger charge is -2.24. The van der Waals surface area contributed by atoms with Crippen molar-refractivity contribution >= 4 is 11.8 Å². The Bertz CT molecular complexity index is 452. The monoisotopic (exact) mass is 293 g/mol. The Morgan fingerprint density at radius 1 is 1.05 bits per heavy atom. The summed E-state index contributed by atoms with van der Waals surface area (Å²) in [6.07, 6.45) is 6.58. The summed E-state index contributed by atoms with van der Waals surface area (Å²) in [5.41, 5.74) is 5.97. The van der Waals surface area contributed by atoms with E-state index in [9.17, 15) is 0 Å². The van der Waals surface area contributed by atoms with E-state index in [4.69, 9.17) is 15.2 Å². The lowest BCUT2D eigenvalue weighted by molar-refractivity contribution is 0.171. The van der Waals surface area contributed by atoms with Crippen molar-refractivity contribution in [1.29, 1.82) is 0 Å². The van der Waals surface area contributed by atoms with E-state index < -0.39 is 0 Å². The molecule has 0 aromatic heterocycles. The van der Waals surface area contributed by atoms with Gasteiger partial charge in [0.2, 0.25) is 0 Å². The van der Waals surface area contributed by atoms with Gasteiger partial charge in [0.15, 0.2) is 11.5 Å². The Balaban J connectivity index is 1.72. The maximum Gasteiger partial charge on any atom is 0.162 e. The van der Waals surface area contributed by atoms with Crippen LogP contribution in [0.4, 0.5) is 0 Å². The van der Waals surface area contributed by atoms with E-state index in [0.717, 1.165) is 18.0 Å². The normalized spacial score (nSPS) is 26.1. The Labute approximate surface area is 125 Å². The van der Waals surface area contributed by atoms with Crippen molar-refractivity contribution in [2.24, 2.45) is 11.7 Å². The molecule has 0 amide bonds. The number of thioether (sulfide) groups is 1. The Hall–Kier alpha value is -0.870. The van der Waals surface area contributed by atoms with Gasteiger partial charge in [-0.25, -0.2) is 0 Å². The minimum atomic E-state index is 0.644. The standard InChI is InChI=1S/C16H23NO2S/c17-11-12-4-2-1-3-5-16(12)20-13-6-7-14-15(10-13)19-9-8-18-14/h6-7,10,12,16H,1-5,8-9,11,17H2. The first-order valence-electron chi connectivity index (χ1n) is 7.63. The van der Waals surface area contributed by atoms with Crippen LogP contribution in [-0.2, 0) is 0 Å². The van der Waals surface area contributed by atoms with Crippen LogP contribution in [0, 0.1) is 5.92 Å². The van der Waals surface area contributed by atoms with Gasteiger partial charge < -0.3 is 15.2 Å². The third-order valence-corrected chi connectivity index (χ3v) is 5.64. The SMILES string of the molecule is NCC1CCCCCC1Sc1ccc2c(c1)OCCO2. The zero-order chi connectivity index (χ0) is 13.8. The van der Waals surface area contributed by atoms with E-state index >= 15 is 0 Å². The minimum Gasteiger partial charge on any atom is -0.486 e. The van der Waals surface area contributed by atoms with Gasteiger partial charge >= 0.3 is 0 Å². The van der Waals surface area contributed by atoms with Crippen LogP contribution in [-0.4, -0.2) is 25.0 Å². The van der Waals surface area contributed by atoms with E-state index in [2.05, 4.69) is 12.1 Å². The van der Waals surface area contributed by atoms with Crippen LogP contribution in [0.25, 0.3) is 0 Å². The average molecular weight is 293 g/mol. The third kappa shape index (κ3) is 3.23. The van der Waals surface area contributed by atoms with E-state index in [1.54, 1.807) is 0 Å². The van der Waals surface area contributed by atoms with Gasteiger partial charge in [-0.3, -0.25) is 0 Å². The predicted octanol–water partition coefficient (Wildman–Crippen LogP) is 3.46. The molecule has 3 nitrogen and oxygen atoms in total. The van der Waals surface area contributed by atoms with E-state index in [-0.39, 0.29) is 0 Å². The molecule has 2 atom stereocenters. The molecule has 1 aromatic carbocycles. The van der Waals surface area contributed by atoms with Crippen molar-refractivity contribution < 1.29 is 9.47 Å². The number of hydrogen-bond acceptors (Lipinski definition) is 4. The van der Waals surface area contributed by atoms with Crippen molar-refractivity contribution in [2.75, 3.05) is 19.8 Å². The zero-order valence-corrected chi connectivity index (χ0v) is 12.7. The van der Waals surface area contributed by atoms with E-state index in [1.807, 2.05) is 17.8 Å². The number of fused-ring (bicyclic) bond motifs is 1. The van der Waals surface area contributed by atoms with Gasteiger partial charge in [0.25, 0.3) is 0 Å². The number of nitrogens with two attached hydrogens (primary N) is 1. The second-order valence-electron chi connectivity index (χ2n) is 5.60. The molecule has 110 valence electrons. The molecule has 1 saturated carbocycles. The number of rotatable bonds is 3. The first-order valence-corrected chi connectivity index (χ1v) is 8.51. The fourth-order valence-corrected chi connectivity index (χ4v) is 4.44. The highest BCUT2D eigenvalue weighted by molar-refractivity contribution is 8.00. The lowest BCUT2D eigenvalue weighted by atomic mass is 10.0. The molecule has 3 rings (SSSR count). The molecule has 1 fully saturated rings. The predicted molar refractivity (Wildman–Crippen MR) is 82.7 cm³/mol. The highest BCUT2D eigenvalue weighted by Gasteiger charge is 2.24. The molecule has 1 aliphatic heterocycles. The van der Waals surface area contributed by atoms with Gasteiger partial charge in [-0.1, -0.05) is 19.3 Å². The second-order valence-corrected chi connectivity index (χ2v) is 6.91. The smallest absolute Gasteiger partial charge is 0.162 e. The van der Waals surface area contributed by atoms with Crippen molar-refractivity contribution in [3.05, 3.63) is 18.2 Å². The van der Waals surface area contributed by atoms with Crippen molar-refractivity contribution in [3.63, 3.8) is 0 Å². The first kappa shape index (κ1) is 14.1. The zero-order valence-electron chi connectivity index (χ0n) is 11.8. The fourth-order valence-electron chi connectivity index (χ4n) is 3.05. The first-order chi connectivity index (χ1) is 9.86. The average Bonchev–Trinajstić information content (AvgIpc) is 2.72. The van der Waals surface area contributed by atoms with Crippen LogP contribution in [0.15, 0.2) is 23.1 Å². The summed E-state index contributed by atoms with van der Waals surface area (Å²) in [5, 5.41) is 0.644. The topological polar surface area (TPSA) is 44.5 Å².